The molecule has 0 fully saturated rings. The van der Waals surface area contributed by atoms with Crippen LogP contribution in [-0.2, 0) is 19.4 Å². The summed E-state index contributed by atoms with van der Waals surface area (Å²) in [7, 11) is 1.79. The van der Waals surface area contributed by atoms with E-state index in [1.54, 1.807) is 7.05 Å². The zero-order valence-corrected chi connectivity index (χ0v) is 16.3. The first-order valence-corrected chi connectivity index (χ1v) is 9.89. The molecule has 0 atom stereocenters. The predicted octanol–water partition coefficient (Wildman–Crippen LogP) is 2.69. The van der Waals surface area contributed by atoms with Gasteiger partial charge >= 0.3 is 0 Å². The van der Waals surface area contributed by atoms with E-state index in [1.165, 1.54) is 11.1 Å². The first-order chi connectivity index (χ1) is 13.8. The Bertz CT molecular complexity index is 851. The zero-order valence-electron chi connectivity index (χ0n) is 16.3. The lowest BCUT2D eigenvalue weighted by molar-refractivity contribution is 0.297. The van der Waals surface area contributed by atoms with Gasteiger partial charge in [-0.25, -0.2) is 0 Å². The van der Waals surface area contributed by atoms with Crippen molar-refractivity contribution >= 4 is 5.96 Å². The Balaban J connectivity index is 1.26. The molecule has 2 N–H and O–H groups in total. The van der Waals surface area contributed by atoms with Crippen LogP contribution in [0.1, 0.15) is 23.1 Å². The predicted molar refractivity (Wildman–Crippen MR) is 110 cm³/mol. The minimum Gasteiger partial charge on any atom is -0.493 e. The smallest absolute Gasteiger partial charge is 0.191 e. The molecule has 2 heterocycles. The number of nitrogens with zero attached hydrogens (tertiary/aromatic N) is 1. The second-order valence-electron chi connectivity index (χ2n) is 6.97. The third-order valence-electron chi connectivity index (χ3n) is 4.96. The minimum absolute atomic E-state index is 0.673. The Labute approximate surface area is 165 Å². The third kappa shape index (κ3) is 4.50. The normalized spacial score (nSPS) is 15.4. The molecule has 4 rings (SSSR count). The van der Waals surface area contributed by atoms with Crippen molar-refractivity contribution < 1.29 is 14.2 Å². The Morgan fingerprint density at radius 2 is 1.68 bits per heavy atom. The molecule has 2 aromatic carbocycles. The second-order valence-corrected chi connectivity index (χ2v) is 6.97. The molecule has 0 spiro atoms. The highest BCUT2D eigenvalue weighted by molar-refractivity contribution is 5.79. The van der Waals surface area contributed by atoms with E-state index >= 15 is 0 Å². The van der Waals surface area contributed by atoms with Gasteiger partial charge in [0.1, 0.15) is 5.75 Å². The summed E-state index contributed by atoms with van der Waals surface area (Å²) in [4.78, 5) is 4.31. The standard InChI is InChI=1S/C22H27N3O3/c1-23-22(24-9-7-16-3-5-19-18(13-16)8-12-28-19)25-15-17-4-6-20-21(14-17)27-11-2-10-26-20/h3-6,13-14H,2,7-12,15H2,1H3,(H2,23,24,25). The Morgan fingerprint density at radius 1 is 0.893 bits per heavy atom. The van der Waals surface area contributed by atoms with Crippen molar-refractivity contribution in [1.29, 1.82) is 0 Å². The minimum atomic E-state index is 0.673. The lowest BCUT2D eigenvalue weighted by Crippen LogP contribution is -2.37. The van der Waals surface area contributed by atoms with Crippen molar-refractivity contribution in [2.24, 2.45) is 4.99 Å². The number of rotatable bonds is 5. The molecular formula is C22H27N3O3. The number of nitrogens with one attached hydrogen (secondary N) is 2. The quantitative estimate of drug-likeness (QED) is 0.616. The lowest BCUT2D eigenvalue weighted by Gasteiger charge is -2.13. The van der Waals surface area contributed by atoms with E-state index in [1.807, 2.05) is 12.1 Å². The van der Waals surface area contributed by atoms with Crippen LogP contribution in [0.2, 0.25) is 0 Å². The van der Waals surface area contributed by atoms with Crippen molar-refractivity contribution in [2.45, 2.75) is 25.8 Å². The van der Waals surface area contributed by atoms with Gasteiger partial charge in [-0.15, -0.1) is 0 Å². The Hall–Kier alpha value is -2.89. The zero-order chi connectivity index (χ0) is 19.2. The average molecular weight is 381 g/mol. The number of hydrogen-bond acceptors (Lipinski definition) is 4. The van der Waals surface area contributed by atoms with Gasteiger partial charge in [-0.2, -0.15) is 0 Å². The summed E-state index contributed by atoms with van der Waals surface area (Å²) in [6.45, 7) is 3.70. The summed E-state index contributed by atoms with van der Waals surface area (Å²) in [6.07, 6.45) is 2.86. The van der Waals surface area contributed by atoms with Crippen LogP contribution in [0.15, 0.2) is 41.4 Å². The van der Waals surface area contributed by atoms with E-state index in [0.29, 0.717) is 19.8 Å². The molecule has 0 bridgehead atoms. The van der Waals surface area contributed by atoms with Crippen molar-refractivity contribution in [3.05, 3.63) is 53.1 Å². The summed E-state index contributed by atoms with van der Waals surface area (Å²) >= 11 is 0. The van der Waals surface area contributed by atoms with E-state index in [2.05, 4.69) is 39.9 Å². The molecule has 0 unspecified atom stereocenters. The molecular weight excluding hydrogens is 354 g/mol. The first kappa shape index (κ1) is 18.5. The maximum absolute atomic E-state index is 5.76. The third-order valence-corrected chi connectivity index (χ3v) is 4.96. The maximum Gasteiger partial charge on any atom is 0.191 e. The summed E-state index contributed by atoms with van der Waals surface area (Å²) in [6, 6.07) is 12.5. The van der Waals surface area contributed by atoms with Gasteiger partial charge in [-0.3, -0.25) is 4.99 Å². The Morgan fingerprint density at radius 3 is 2.57 bits per heavy atom. The van der Waals surface area contributed by atoms with Crippen LogP contribution in [0.5, 0.6) is 17.2 Å². The highest BCUT2D eigenvalue weighted by Crippen LogP contribution is 2.30. The van der Waals surface area contributed by atoms with Crippen LogP contribution in [0.4, 0.5) is 0 Å². The van der Waals surface area contributed by atoms with Crippen LogP contribution in [0.25, 0.3) is 0 Å². The van der Waals surface area contributed by atoms with Crippen molar-refractivity contribution in [1.82, 2.24) is 10.6 Å². The highest BCUT2D eigenvalue weighted by atomic mass is 16.5. The average Bonchev–Trinajstić information content (AvgIpc) is 3.06. The fraction of sp³-hybridized carbons (Fsp3) is 0.409. The van der Waals surface area contributed by atoms with Crippen molar-refractivity contribution in [3.63, 3.8) is 0 Å². The van der Waals surface area contributed by atoms with Crippen LogP contribution < -0.4 is 24.8 Å². The van der Waals surface area contributed by atoms with Crippen LogP contribution >= 0.6 is 0 Å². The molecule has 6 nitrogen and oxygen atoms in total. The molecule has 0 radical (unpaired) electrons. The number of aliphatic imine (C=N–C) groups is 1. The summed E-state index contributed by atoms with van der Waals surface area (Å²) in [5.41, 5.74) is 3.76. The van der Waals surface area contributed by atoms with Gasteiger partial charge in [-0.05, 0) is 41.3 Å². The van der Waals surface area contributed by atoms with Gasteiger partial charge in [0.2, 0.25) is 0 Å². The number of ether oxygens (including phenoxy) is 3. The molecule has 2 aliphatic heterocycles. The molecule has 0 aliphatic carbocycles. The molecule has 2 aromatic rings. The fourth-order valence-corrected chi connectivity index (χ4v) is 3.44. The van der Waals surface area contributed by atoms with Crippen LogP contribution in [0.3, 0.4) is 0 Å². The molecule has 0 aromatic heterocycles. The largest absolute Gasteiger partial charge is 0.493 e. The van der Waals surface area contributed by atoms with Crippen molar-refractivity contribution in [2.75, 3.05) is 33.4 Å². The highest BCUT2D eigenvalue weighted by Gasteiger charge is 2.12. The molecule has 0 amide bonds. The van der Waals surface area contributed by atoms with Gasteiger partial charge in [0.15, 0.2) is 17.5 Å². The van der Waals surface area contributed by atoms with Gasteiger partial charge in [0.25, 0.3) is 0 Å². The molecule has 0 saturated carbocycles. The topological polar surface area (TPSA) is 64.1 Å². The van der Waals surface area contributed by atoms with E-state index in [4.69, 9.17) is 14.2 Å². The number of fused-ring (bicyclic) bond motifs is 2. The van der Waals surface area contributed by atoms with Gasteiger partial charge in [0, 0.05) is 33.0 Å². The number of benzene rings is 2. The second kappa shape index (κ2) is 8.87. The van der Waals surface area contributed by atoms with E-state index in [9.17, 15) is 0 Å². The van der Waals surface area contributed by atoms with Gasteiger partial charge in [-0.1, -0.05) is 18.2 Å². The first-order valence-electron chi connectivity index (χ1n) is 9.89. The molecule has 148 valence electrons. The summed E-state index contributed by atoms with van der Waals surface area (Å²) in [5, 5.41) is 6.74. The molecule has 6 heteroatoms. The maximum atomic E-state index is 5.76. The number of hydrogen-bond donors (Lipinski definition) is 2. The van der Waals surface area contributed by atoms with Gasteiger partial charge in [0.05, 0.1) is 19.8 Å². The van der Waals surface area contributed by atoms with E-state index in [0.717, 1.165) is 61.2 Å². The molecule has 28 heavy (non-hydrogen) atoms. The van der Waals surface area contributed by atoms with E-state index in [-0.39, 0.29) is 0 Å². The van der Waals surface area contributed by atoms with Crippen LogP contribution in [0, 0.1) is 0 Å². The number of guanidine groups is 1. The van der Waals surface area contributed by atoms with Crippen molar-refractivity contribution in [3.8, 4) is 17.2 Å². The van der Waals surface area contributed by atoms with Crippen LogP contribution in [-0.4, -0.2) is 39.4 Å². The van der Waals surface area contributed by atoms with E-state index < -0.39 is 0 Å². The fourth-order valence-electron chi connectivity index (χ4n) is 3.44. The summed E-state index contributed by atoms with van der Waals surface area (Å²) in [5.74, 6) is 3.46. The summed E-state index contributed by atoms with van der Waals surface area (Å²) < 4.78 is 17.0. The Kier molecular flexibility index (Phi) is 5.85. The van der Waals surface area contributed by atoms with Gasteiger partial charge < -0.3 is 24.8 Å². The molecule has 0 saturated heterocycles. The molecule has 2 aliphatic rings. The monoisotopic (exact) mass is 381 g/mol. The lowest BCUT2D eigenvalue weighted by atomic mass is 10.1. The SMILES string of the molecule is CN=C(NCCc1ccc2c(c1)CCO2)NCc1ccc2c(c1)OCCCO2.